The molecule has 0 radical (unpaired) electrons. The molecule has 0 aliphatic carbocycles. The van der Waals surface area contributed by atoms with Crippen molar-refractivity contribution in [2.45, 2.75) is 13.0 Å². The lowest BCUT2D eigenvalue weighted by molar-refractivity contribution is 0.0697. The number of benzene rings is 1. The minimum absolute atomic E-state index is 0.142. The first kappa shape index (κ1) is 14.8. The average molecular weight is 290 g/mol. The maximum absolute atomic E-state index is 13.2. The lowest BCUT2D eigenvalue weighted by atomic mass is 10.1. The number of pyridine rings is 1. The maximum Gasteiger partial charge on any atom is 0.335 e. The number of rotatable bonds is 5. The molecule has 21 heavy (non-hydrogen) atoms. The van der Waals surface area contributed by atoms with Crippen LogP contribution in [-0.2, 0) is 0 Å². The van der Waals surface area contributed by atoms with E-state index in [-0.39, 0.29) is 11.6 Å². The zero-order chi connectivity index (χ0) is 15.4. The van der Waals surface area contributed by atoms with Crippen molar-refractivity contribution in [2.24, 2.45) is 0 Å². The van der Waals surface area contributed by atoms with Gasteiger partial charge in [-0.25, -0.2) is 9.18 Å². The van der Waals surface area contributed by atoms with E-state index in [0.717, 1.165) is 6.20 Å². The zero-order valence-corrected chi connectivity index (χ0v) is 11.6. The molecule has 5 nitrogen and oxygen atoms in total. The summed E-state index contributed by atoms with van der Waals surface area (Å²) in [4.78, 5) is 14.8. The fourth-order valence-electron chi connectivity index (χ4n) is 1.94. The molecule has 0 fully saturated rings. The normalized spacial score (nSPS) is 11.8. The number of carboxylic acids is 1. The largest absolute Gasteiger partial charge is 0.495 e. The molecule has 1 aromatic carbocycles. The standard InChI is InChI=1S/C15H15FN2O3/c1-9(11-5-12(16)8-17-7-11)18-13-6-10(15(19)20)3-4-14(13)21-2/h3-9,18H,1-2H3,(H,19,20). The average Bonchev–Trinajstić information content (AvgIpc) is 2.47. The second-order valence-electron chi connectivity index (χ2n) is 4.52. The first-order valence-corrected chi connectivity index (χ1v) is 6.29. The highest BCUT2D eigenvalue weighted by atomic mass is 19.1. The van der Waals surface area contributed by atoms with Crippen molar-refractivity contribution < 1.29 is 19.0 Å². The first-order valence-electron chi connectivity index (χ1n) is 6.29. The number of aromatic carboxylic acids is 1. The third kappa shape index (κ3) is 3.47. The Hall–Kier alpha value is -2.63. The quantitative estimate of drug-likeness (QED) is 0.885. The number of carbonyl (C=O) groups is 1. The highest BCUT2D eigenvalue weighted by Crippen LogP contribution is 2.29. The molecule has 1 aromatic heterocycles. The Labute approximate surface area is 121 Å². The van der Waals surface area contributed by atoms with Gasteiger partial charge in [-0.1, -0.05) is 0 Å². The van der Waals surface area contributed by atoms with Gasteiger partial charge in [-0.05, 0) is 36.8 Å². The van der Waals surface area contributed by atoms with E-state index in [1.807, 2.05) is 6.92 Å². The number of nitrogens with one attached hydrogen (secondary N) is 1. The molecule has 0 bridgehead atoms. The van der Waals surface area contributed by atoms with Crippen LogP contribution in [0.4, 0.5) is 10.1 Å². The number of carboxylic acid groups (broad SMARTS) is 1. The summed E-state index contributed by atoms with van der Waals surface area (Å²) in [6, 6.07) is 5.62. The van der Waals surface area contributed by atoms with Gasteiger partial charge in [0.2, 0.25) is 0 Å². The van der Waals surface area contributed by atoms with Crippen molar-refractivity contribution in [1.82, 2.24) is 4.98 Å². The van der Waals surface area contributed by atoms with Gasteiger partial charge in [0.05, 0.1) is 30.6 Å². The zero-order valence-electron chi connectivity index (χ0n) is 11.6. The minimum Gasteiger partial charge on any atom is -0.495 e. The summed E-state index contributed by atoms with van der Waals surface area (Å²) in [6.45, 7) is 1.82. The van der Waals surface area contributed by atoms with E-state index in [4.69, 9.17) is 9.84 Å². The van der Waals surface area contributed by atoms with Gasteiger partial charge >= 0.3 is 5.97 Å². The molecule has 2 N–H and O–H groups in total. The Balaban J connectivity index is 2.29. The van der Waals surface area contributed by atoms with Crippen LogP contribution in [0, 0.1) is 5.82 Å². The smallest absolute Gasteiger partial charge is 0.335 e. The van der Waals surface area contributed by atoms with Crippen LogP contribution >= 0.6 is 0 Å². The van der Waals surface area contributed by atoms with Crippen molar-refractivity contribution in [3.8, 4) is 5.75 Å². The second kappa shape index (κ2) is 6.21. The molecule has 1 unspecified atom stereocenters. The van der Waals surface area contributed by atoms with Crippen molar-refractivity contribution in [2.75, 3.05) is 12.4 Å². The number of anilines is 1. The van der Waals surface area contributed by atoms with Gasteiger partial charge in [-0.2, -0.15) is 0 Å². The van der Waals surface area contributed by atoms with E-state index in [1.165, 1.54) is 25.3 Å². The third-order valence-electron chi connectivity index (χ3n) is 3.04. The number of hydrogen-bond donors (Lipinski definition) is 2. The minimum atomic E-state index is -1.03. The molecule has 0 aliphatic rings. The first-order chi connectivity index (χ1) is 10.0. The lowest BCUT2D eigenvalue weighted by Gasteiger charge is -2.18. The molecule has 0 amide bonds. The van der Waals surface area contributed by atoms with Crippen LogP contribution in [0.1, 0.15) is 28.9 Å². The number of halogens is 1. The van der Waals surface area contributed by atoms with E-state index in [1.54, 1.807) is 12.3 Å². The molecule has 1 heterocycles. The van der Waals surface area contributed by atoms with E-state index in [2.05, 4.69) is 10.3 Å². The highest BCUT2D eigenvalue weighted by molar-refractivity contribution is 5.89. The second-order valence-corrected chi connectivity index (χ2v) is 4.52. The van der Waals surface area contributed by atoms with Gasteiger partial charge in [-0.15, -0.1) is 0 Å². The summed E-state index contributed by atoms with van der Waals surface area (Å²) < 4.78 is 18.4. The number of nitrogens with zero attached hydrogens (tertiary/aromatic N) is 1. The van der Waals surface area contributed by atoms with E-state index in [9.17, 15) is 9.18 Å². The number of ether oxygens (including phenoxy) is 1. The Kier molecular flexibility index (Phi) is 4.37. The monoisotopic (exact) mass is 290 g/mol. The highest BCUT2D eigenvalue weighted by Gasteiger charge is 2.13. The van der Waals surface area contributed by atoms with Gasteiger partial charge in [0, 0.05) is 6.20 Å². The van der Waals surface area contributed by atoms with E-state index < -0.39 is 11.8 Å². The number of hydrogen-bond acceptors (Lipinski definition) is 4. The van der Waals surface area contributed by atoms with E-state index in [0.29, 0.717) is 17.0 Å². The molecule has 0 saturated heterocycles. The van der Waals surface area contributed by atoms with Gasteiger partial charge < -0.3 is 15.2 Å². The predicted molar refractivity (Wildman–Crippen MR) is 76.2 cm³/mol. The summed E-state index contributed by atoms with van der Waals surface area (Å²) in [6.07, 6.45) is 2.68. The van der Waals surface area contributed by atoms with Crippen LogP contribution in [0.2, 0.25) is 0 Å². The van der Waals surface area contributed by atoms with Crippen LogP contribution in [-0.4, -0.2) is 23.2 Å². The molecule has 6 heteroatoms. The van der Waals surface area contributed by atoms with Crippen molar-refractivity contribution in [3.63, 3.8) is 0 Å². The van der Waals surface area contributed by atoms with Gasteiger partial charge in [0.1, 0.15) is 11.6 Å². The predicted octanol–water partition coefficient (Wildman–Crippen LogP) is 3.10. The van der Waals surface area contributed by atoms with Crippen LogP contribution in [0.25, 0.3) is 0 Å². The molecule has 110 valence electrons. The van der Waals surface area contributed by atoms with Crippen LogP contribution < -0.4 is 10.1 Å². The molecule has 2 rings (SSSR count). The Bertz CT molecular complexity index is 661. The summed E-state index contributed by atoms with van der Waals surface area (Å²) in [5.41, 5.74) is 1.31. The Morgan fingerprint density at radius 1 is 1.38 bits per heavy atom. The molecule has 0 spiro atoms. The molecular weight excluding hydrogens is 275 g/mol. The Morgan fingerprint density at radius 3 is 2.76 bits per heavy atom. The molecular formula is C15H15FN2O3. The number of aromatic nitrogens is 1. The molecule has 1 atom stereocenters. The van der Waals surface area contributed by atoms with Crippen molar-refractivity contribution >= 4 is 11.7 Å². The summed E-state index contributed by atoms with van der Waals surface area (Å²) in [7, 11) is 1.50. The molecule has 0 aliphatic heterocycles. The van der Waals surface area contributed by atoms with Crippen LogP contribution in [0.5, 0.6) is 5.75 Å². The third-order valence-corrected chi connectivity index (χ3v) is 3.04. The van der Waals surface area contributed by atoms with E-state index >= 15 is 0 Å². The van der Waals surface area contributed by atoms with Gasteiger partial charge in [0.15, 0.2) is 0 Å². The van der Waals surface area contributed by atoms with Crippen molar-refractivity contribution in [1.29, 1.82) is 0 Å². The number of methoxy groups -OCH3 is 1. The van der Waals surface area contributed by atoms with Gasteiger partial charge in [-0.3, -0.25) is 4.98 Å². The van der Waals surface area contributed by atoms with Crippen molar-refractivity contribution in [3.05, 3.63) is 53.6 Å². The summed E-state index contributed by atoms with van der Waals surface area (Å²) >= 11 is 0. The fraction of sp³-hybridized carbons (Fsp3) is 0.200. The SMILES string of the molecule is COc1ccc(C(=O)O)cc1NC(C)c1cncc(F)c1. The van der Waals surface area contributed by atoms with Gasteiger partial charge in [0.25, 0.3) is 0 Å². The lowest BCUT2D eigenvalue weighted by Crippen LogP contribution is -2.09. The Morgan fingerprint density at radius 2 is 2.14 bits per heavy atom. The van der Waals surface area contributed by atoms with Crippen LogP contribution in [0.3, 0.4) is 0 Å². The molecule has 0 saturated carbocycles. The fourth-order valence-corrected chi connectivity index (χ4v) is 1.94. The van der Waals surface area contributed by atoms with Crippen LogP contribution in [0.15, 0.2) is 36.7 Å². The summed E-state index contributed by atoms with van der Waals surface area (Å²) in [5, 5.41) is 12.1. The summed E-state index contributed by atoms with van der Waals surface area (Å²) in [5.74, 6) is -0.940. The topological polar surface area (TPSA) is 71.5 Å². The maximum atomic E-state index is 13.2. The molecule has 2 aromatic rings.